The van der Waals surface area contributed by atoms with Gasteiger partial charge in [-0.1, -0.05) is 43.0 Å². The minimum absolute atomic E-state index is 0.153. The van der Waals surface area contributed by atoms with Gasteiger partial charge >= 0.3 is 11.9 Å². The van der Waals surface area contributed by atoms with Crippen LogP contribution in [-0.2, 0) is 25.7 Å². The Labute approximate surface area is 124 Å². The van der Waals surface area contributed by atoms with E-state index in [4.69, 9.17) is 9.47 Å². The number of rotatable bonds is 9. The molecule has 1 rings (SSSR count). The van der Waals surface area contributed by atoms with E-state index in [2.05, 4.69) is 11.9 Å². The van der Waals surface area contributed by atoms with Gasteiger partial charge in [-0.05, 0) is 19.0 Å². The predicted octanol–water partition coefficient (Wildman–Crippen LogP) is 1.83. The van der Waals surface area contributed by atoms with Gasteiger partial charge in [-0.15, -0.1) is 0 Å². The summed E-state index contributed by atoms with van der Waals surface area (Å²) in [6, 6.07) is 8.91. The molecule has 0 saturated carbocycles. The van der Waals surface area contributed by atoms with Gasteiger partial charge in [0.15, 0.2) is 0 Å². The smallest absolute Gasteiger partial charge is 0.323 e. The lowest BCUT2D eigenvalue weighted by atomic mass is 10.1. The van der Waals surface area contributed by atoms with Gasteiger partial charge in [0.25, 0.3) is 0 Å². The molecule has 1 aromatic carbocycles. The molecule has 1 aromatic rings. The van der Waals surface area contributed by atoms with Gasteiger partial charge in [0, 0.05) is 6.42 Å². The van der Waals surface area contributed by atoms with Crippen molar-refractivity contribution < 1.29 is 19.1 Å². The Hall–Kier alpha value is -2.14. The number of hydrogen-bond acceptors (Lipinski definition) is 5. The number of esters is 2. The van der Waals surface area contributed by atoms with Crippen molar-refractivity contribution in [3.63, 3.8) is 0 Å². The second kappa shape index (κ2) is 9.72. The van der Waals surface area contributed by atoms with Crippen LogP contribution in [0.4, 0.5) is 0 Å². The zero-order valence-electron chi connectivity index (χ0n) is 12.2. The van der Waals surface area contributed by atoms with E-state index in [1.54, 1.807) is 7.05 Å². The van der Waals surface area contributed by atoms with E-state index in [1.807, 2.05) is 30.3 Å². The summed E-state index contributed by atoms with van der Waals surface area (Å²) < 4.78 is 10.1. The fraction of sp³-hybridized carbons (Fsp3) is 0.375. The van der Waals surface area contributed by atoms with Gasteiger partial charge in [-0.3, -0.25) is 9.59 Å². The molecule has 0 bridgehead atoms. The van der Waals surface area contributed by atoms with E-state index in [-0.39, 0.29) is 31.6 Å². The zero-order chi connectivity index (χ0) is 15.5. The lowest BCUT2D eigenvalue weighted by Crippen LogP contribution is -2.36. The molecule has 0 aliphatic heterocycles. The van der Waals surface area contributed by atoms with Gasteiger partial charge in [-0.2, -0.15) is 0 Å². The molecule has 21 heavy (non-hydrogen) atoms. The Morgan fingerprint density at radius 3 is 2.62 bits per heavy atom. The summed E-state index contributed by atoms with van der Waals surface area (Å²) in [6.45, 7) is 3.86. The highest BCUT2D eigenvalue weighted by atomic mass is 16.5. The van der Waals surface area contributed by atoms with Crippen LogP contribution in [0.2, 0.25) is 0 Å². The summed E-state index contributed by atoms with van der Waals surface area (Å²) in [7, 11) is 1.66. The molecule has 0 amide bonds. The second-order valence-electron chi connectivity index (χ2n) is 4.44. The number of benzene rings is 1. The minimum atomic E-state index is -0.523. The maximum Gasteiger partial charge on any atom is 0.323 e. The van der Waals surface area contributed by atoms with Crippen molar-refractivity contribution in [1.29, 1.82) is 0 Å². The molecule has 114 valence electrons. The average Bonchev–Trinajstić information content (AvgIpc) is 2.52. The van der Waals surface area contributed by atoms with Gasteiger partial charge in [0.2, 0.25) is 0 Å². The van der Waals surface area contributed by atoms with Crippen LogP contribution >= 0.6 is 0 Å². The zero-order valence-corrected chi connectivity index (χ0v) is 12.2. The lowest BCUT2D eigenvalue weighted by molar-refractivity contribution is -0.148. The molecule has 0 heterocycles. The monoisotopic (exact) mass is 291 g/mol. The second-order valence-corrected chi connectivity index (χ2v) is 4.44. The fourth-order valence-electron chi connectivity index (χ4n) is 1.70. The summed E-state index contributed by atoms with van der Waals surface area (Å²) in [6.07, 6.45) is 1.99. The Morgan fingerprint density at radius 1 is 1.29 bits per heavy atom. The third kappa shape index (κ3) is 6.72. The topological polar surface area (TPSA) is 64.6 Å². The maximum absolute atomic E-state index is 11.9. The Morgan fingerprint density at radius 2 is 2.00 bits per heavy atom. The van der Waals surface area contributed by atoms with Crippen LogP contribution in [0, 0.1) is 0 Å². The highest BCUT2D eigenvalue weighted by molar-refractivity contribution is 5.77. The molecular weight excluding hydrogens is 270 g/mol. The van der Waals surface area contributed by atoms with E-state index < -0.39 is 6.04 Å². The van der Waals surface area contributed by atoms with Crippen molar-refractivity contribution >= 4 is 11.9 Å². The summed E-state index contributed by atoms with van der Waals surface area (Å²) in [5.41, 5.74) is 0.922. The lowest BCUT2D eigenvalue weighted by Gasteiger charge is -2.14. The Kier molecular flexibility index (Phi) is 7.82. The van der Waals surface area contributed by atoms with E-state index in [1.165, 1.54) is 6.08 Å². The van der Waals surface area contributed by atoms with Crippen LogP contribution in [0.25, 0.3) is 0 Å². The van der Waals surface area contributed by atoms with Crippen molar-refractivity contribution in [2.75, 3.05) is 13.7 Å². The van der Waals surface area contributed by atoms with E-state index in [9.17, 15) is 9.59 Å². The molecule has 0 fully saturated rings. The minimum Gasteiger partial charge on any atom is -0.461 e. The Balaban J connectivity index is 2.35. The first-order valence-electron chi connectivity index (χ1n) is 6.81. The number of carbonyl (C=O) groups excluding carboxylic acids is 2. The standard InChI is InChI=1S/C16H21NO4/c1-3-11-20-15(18)10-9-14(17-2)16(19)21-12-13-7-5-4-6-8-13/h3-8,14,17H,1,9-12H2,2H3. The SMILES string of the molecule is C=CCOC(=O)CCC(NC)C(=O)OCc1ccccc1. The van der Waals surface area contributed by atoms with Crippen molar-refractivity contribution in [3.05, 3.63) is 48.6 Å². The van der Waals surface area contributed by atoms with Crippen LogP contribution in [0.1, 0.15) is 18.4 Å². The first-order chi connectivity index (χ1) is 10.2. The summed E-state index contributed by atoms with van der Waals surface area (Å²) in [5.74, 6) is -0.733. The van der Waals surface area contributed by atoms with E-state index >= 15 is 0 Å². The van der Waals surface area contributed by atoms with Crippen LogP contribution in [-0.4, -0.2) is 31.6 Å². The van der Waals surface area contributed by atoms with E-state index in [0.717, 1.165) is 5.56 Å². The molecule has 0 aliphatic carbocycles. The van der Waals surface area contributed by atoms with Gasteiger partial charge in [0.05, 0.1) is 0 Å². The maximum atomic E-state index is 11.9. The molecule has 1 unspecified atom stereocenters. The first-order valence-corrected chi connectivity index (χ1v) is 6.81. The molecule has 1 N–H and O–H groups in total. The molecule has 0 saturated heterocycles. The van der Waals surface area contributed by atoms with Crippen LogP contribution < -0.4 is 5.32 Å². The van der Waals surface area contributed by atoms with Gasteiger partial charge in [-0.25, -0.2) is 0 Å². The molecule has 5 heteroatoms. The van der Waals surface area contributed by atoms with Crippen LogP contribution in [0.3, 0.4) is 0 Å². The quantitative estimate of drug-likeness (QED) is 0.555. The predicted molar refractivity (Wildman–Crippen MR) is 79.5 cm³/mol. The summed E-state index contributed by atoms with van der Waals surface area (Å²) >= 11 is 0. The van der Waals surface area contributed by atoms with Crippen molar-refractivity contribution in [2.45, 2.75) is 25.5 Å². The fourth-order valence-corrected chi connectivity index (χ4v) is 1.70. The number of nitrogens with one attached hydrogen (secondary N) is 1. The first kappa shape index (κ1) is 16.9. The third-order valence-electron chi connectivity index (χ3n) is 2.86. The van der Waals surface area contributed by atoms with E-state index in [0.29, 0.717) is 6.42 Å². The van der Waals surface area contributed by atoms with Gasteiger partial charge < -0.3 is 14.8 Å². The average molecular weight is 291 g/mol. The van der Waals surface area contributed by atoms with Crippen molar-refractivity contribution in [2.24, 2.45) is 0 Å². The van der Waals surface area contributed by atoms with Gasteiger partial charge in [0.1, 0.15) is 19.3 Å². The summed E-state index contributed by atoms with van der Waals surface area (Å²) in [4.78, 5) is 23.3. The highest BCUT2D eigenvalue weighted by Crippen LogP contribution is 2.05. The largest absolute Gasteiger partial charge is 0.461 e. The highest BCUT2D eigenvalue weighted by Gasteiger charge is 2.19. The molecule has 1 atom stereocenters. The van der Waals surface area contributed by atoms with Crippen molar-refractivity contribution in [3.8, 4) is 0 Å². The number of ether oxygens (including phenoxy) is 2. The van der Waals surface area contributed by atoms with Crippen LogP contribution in [0.5, 0.6) is 0 Å². The molecule has 0 spiro atoms. The number of likely N-dealkylation sites (N-methyl/N-ethyl adjacent to an activating group) is 1. The molecule has 0 aromatic heterocycles. The summed E-state index contributed by atoms with van der Waals surface area (Å²) in [5, 5.41) is 2.85. The number of carbonyl (C=O) groups is 2. The van der Waals surface area contributed by atoms with Crippen LogP contribution in [0.15, 0.2) is 43.0 Å². The normalized spacial score (nSPS) is 11.5. The molecule has 0 aliphatic rings. The molecule has 5 nitrogen and oxygen atoms in total. The van der Waals surface area contributed by atoms with Crippen molar-refractivity contribution in [1.82, 2.24) is 5.32 Å². The Bertz CT molecular complexity index is 459. The molecule has 0 radical (unpaired) electrons. The molecular formula is C16H21NO4. The number of hydrogen-bond donors (Lipinski definition) is 1. The third-order valence-corrected chi connectivity index (χ3v) is 2.86.